The van der Waals surface area contributed by atoms with E-state index in [0.717, 1.165) is 11.1 Å². The summed E-state index contributed by atoms with van der Waals surface area (Å²) >= 11 is 0. The van der Waals surface area contributed by atoms with Crippen molar-refractivity contribution in [2.45, 2.75) is 19.6 Å². The predicted octanol–water partition coefficient (Wildman–Crippen LogP) is 2.75. The predicted molar refractivity (Wildman–Crippen MR) is 96.6 cm³/mol. The molecule has 0 radical (unpaired) electrons. The van der Waals surface area contributed by atoms with Gasteiger partial charge in [-0.3, -0.25) is 9.59 Å². The van der Waals surface area contributed by atoms with Crippen molar-refractivity contribution in [1.82, 2.24) is 5.32 Å². The Balaban J connectivity index is 1.72. The van der Waals surface area contributed by atoms with Gasteiger partial charge in [0.2, 0.25) is 0 Å². The zero-order valence-electron chi connectivity index (χ0n) is 14.7. The van der Waals surface area contributed by atoms with Crippen LogP contribution in [0, 0.1) is 5.92 Å². The normalized spacial score (nSPS) is 11.3. The van der Waals surface area contributed by atoms with Crippen LogP contribution in [-0.2, 0) is 32.3 Å². The SMILES string of the molecule is O=C(NCCC(C(=O)O)C(=O)OCc1ccccc1)OCc1ccccc1. The number of carboxylic acid groups (broad SMARTS) is 1. The topological polar surface area (TPSA) is 102 Å². The fraction of sp³-hybridized carbons (Fsp3) is 0.250. The van der Waals surface area contributed by atoms with Crippen molar-refractivity contribution in [3.8, 4) is 0 Å². The molecule has 27 heavy (non-hydrogen) atoms. The van der Waals surface area contributed by atoms with Crippen LogP contribution in [0.3, 0.4) is 0 Å². The van der Waals surface area contributed by atoms with E-state index >= 15 is 0 Å². The van der Waals surface area contributed by atoms with Crippen LogP contribution in [0.4, 0.5) is 4.79 Å². The van der Waals surface area contributed by atoms with E-state index in [4.69, 9.17) is 9.47 Å². The van der Waals surface area contributed by atoms with Crippen LogP contribution < -0.4 is 5.32 Å². The highest BCUT2D eigenvalue weighted by Crippen LogP contribution is 2.09. The van der Waals surface area contributed by atoms with Crippen molar-refractivity contribution >= 4 is 18.0 Å². The molecule has 0 aromatic heterocycles. The summed E-state index contributed by atoms with van der Waals surface area (Å²) in [6.07, 6.45) is -0.774. The Morgan fingerprint density at radius 2 is 1.37 bits per heavy atom. The van der Waals surface area contributed by atoms with Gasteiger partial charge >= 0.3 is 18.0 Å². The minimum Gasteiger partial charge on any atom is -0.481 e. The number of amides is 1. The lowest BCUT2D eigenvalue weighted by Crippen LogP contribution is -2.32. The van der Waals surface area contributed by atoms with Crippen molar-refractivity contribution in [3.05, 3.63) is 71.8 Å². The van der Waals surface area contributed by atoms with E-state index in [1.165, 1.54) is 0 Å². The minimum atomic E-state index is -1.36. The molecule has 142 valence electrons. The molecular formula is C20H21NO6. The third-order valence-corrected chi connectivity index (χ3v) is 3.72. The number of carboxylic acids is 1. The van der Waals surface area contributed by atoms with Crippen LogP contribution in [0.25, 0.3) is 0 Å². The van der Waals surface area contributed by atoms with Crippen LogP contribution in [0.2, 0.25) is 0 Å². The van der Waals surface area contributed by atoms with Crippen LogP contribution in [0.15, 0.2) is 60.7 Å². The number of carbonyl (C=O) groups is 3. The molecule has 1 atom stereocenters. The summed E-state index contributed by atoms with van der Waals surface area (Å²) in [6, 6.07) is 18.1. The number of hydrogen-bond donors (Lipinski definition) is 2. The molecule has 0 aliphatic heterocycles. The molecule has 2 N–H and O–H groups in total. The zero-order valence-corrected chi connectivity index (χ0v) is 14.7. The average Bonchev–Trinajstić information content (AvgIpc) is 2.69. The summed E-state index contributed by atoms with van der Waals surface area (Å²) in [5, 5.41) is 11.6. The number of carbonyl (C=O) groups excluding carboxylic acids is 2. The summed E-state index contributed by atoms with van der Waals surface area (Å²) in [7, 11) is 0. The molecule has 7 nitrogen and oxygen atoms in total. The van der Waals surface area contributed by atoms with E-state index in [-0.39, 0.29) is 26.2 Å². The number of aliphatic carboxylic acids is 1. The van der Waals surface area contributed by atoms with Crippen molar-refractivity contribution in [3.63, 3.8) is 0 Å². The molecule has 0 saturated carbocycles. The quantitative estimate of drug-likeness (QED) is 0.519. The van der Waals surface area contributed by atoms with Gasteiger partial charge in [-0.25, -0.2) is 4.79 Å². The monoisotopic (exact) mass is 371 g/mol. The first-order valence-corrected chi connectivity index (χ1v) is 8.44. The molecule has 7 heteroatoms. The molecule has 0 bridgehead atoms. The molecule has 0 heterocycles. The number of nitrogens with one attached hydrogen (secondary N) is 1. The van der Waals surface area contributed by atoms with E-state index in [0.29, 0.717) is 0 Å². The number of rotatable bonds is 9. The van der Waals surface area contributed by atoms with Gasteiger partial charge in [0, 0.05) is 6.54 Å². The Morgan fingerprint density at radius 3 is 1.89 bits per heavy atom. The molecule has 1 unspecified atom stereocenters. The Bertz CT molecular complexity index is 748. The fourth-order valence-electron chi connectivity index (χ4n) is 2.26. The maximum atomic E-state index is 12.0. The number of esters is 1. The second-order valence-corrected chi connectivity index (χ2v) is 5.76. The van der Waals surface area contributed by atoms with Gasteiger partial charge in [-0.1, -0.05) is 60.7 Å². The highest BCUT2D eigenvalue weighted by atomic mass is 16.5. The Hall–Kier alpha value is -3.35. The van der Waals surface area contributed by atoms with Crippen LogP contribution >= 0.6 is 0 Å². The molecule has 0 saturated heterocycles. The van der Waals surface area contributed by atoms with Gasteiger partial charge in [0.25, 0.3) is 0 Å². The smallest absolute Gasteiger partial charge is 0.407 e. The molecule has 0 spiro atoms. The summed E-state index contributed by atoms with van der Waals surface area (Å²) in [5.74, 6) is -3.50. The largest absolute Gasteiger partial charge is 0.481 e. The Kier molecular flexibility index (Phi) is 7.84. The van der Waals surface area contributed by atoms with Crippen molar-refractivity contribution in [2.75, 3.05) is 6.54 Å². The molecule has 1 amide bonds. The van der Waals surface area contributed by atoms with Crippen LogP contribution in [0.1, 0.15) is 17.5 Å². The van der Waals surface area contributed by atoms with Crippen molar-refractivity contribution in [1.29, 1.82) is 0 Å². The number of benzene rings is 2. The molecule has 0 fully saturated rings. The van der Waals surface area contributed by atoms with E-state index in [1.807, 2.05) is 36.4 Å². The first-order chi connectivity index (χ1) is 13.1. The second kappa shape index (κ2) is 10.6. The van der Waals surface area contributed by atoms with Crippen molar-refractivity contribution < 1.29 is 29.0 Å². The van der Waals surface area contributed by atoms with E-state index in [1.54, 1.807) is 24.3 Å². The molecule has 2 aromatic carbocycles. The van der Waals surface area contributed by atoms with Crippen LogP contribution in [-0.4, -0.2) is 29.7 Å². The van der Waals surface area contributed by atoms with Gasteiger partial charge in [-0.2, -0.15) is 0 Å². The Morgan fingerprint density at radius 1 is 0.852 bits per heavy atom. The highest BCUT2D eigenvalue weighted by molar-refractivity contribution is 5.93. The standard InChI is InChI=1S/C20H21NO6/c22-18(23)17(19(24)26-13-15-7-3-1-4-8-15)11-12-21-20(25)27-14-16-9-5-2-6-10-16/h1-10,17H,11-14H2,(H,21,25)(H,22,23). The summed E-state index contributed by atoms with van der Waals surface area (Å²) in [6.45, 7) is 0.0785. The molecule has 2 rings (SSSR count). The summed E-state index contributed by atoms with van der Waals surface area (Å²) in [4.78, 5) is 34.9. The lowest BCUT2D eigenvalue weighted by molar-refractivity contribution is -0.159. The van der Waals surface area contributed by atoms with Gasteiger partial charge in [0.15, 0.2) is 5.92 Å². The average molecular weight is 371 g/mol. The lowest BCUT2D eigenvalue weighted by atomic mass is 10.1. The lowest BCUT2D eigenvalue weighted by Gasteiger charge is -2.13. The Labute approximate surface area is 156 Å². The molecule has 0 aliphatic rings. The van der Waals surface area contributed by atoms with E-state index in [2.05, 4.69) is 5.32 Å². The van der Waals surface area contributed by atoms with Gasteiger partial charge in [0.05, 0.1) is 0 Å². The third kappa shape index (κ3) is 7.19. The maximum Gasteiger partial charge on any atom is 0.407 e. The third-order valence-electron chi connectivity index (χ3n) is 3.72. The van der Waals surface area contributed by atoms with Gasteiger partial charge in [0.1, 0.15) is 13.2 Å². The second-order valence-electron chi connectivity index (χ2n) is 5.76. The van der Waals surface area contributed by atoms with Gasteiger partial charge in [-0.15, -0.1) is 0 Å². The number of ether oxygens (including phenoxy) is 2. The zero-order chi connectivity index (χ0) is 19.5. The van der Waals surface area contributed by atoms with Crippen LogP contribution in [0.5, 0.6) is 0 Å². The van der Waals surface area contributed by atoms with Gasteiger partial charge < -0.3 is 19.9 Å². The molecule has 0 aliphatic carbocycles. The molecule has 2 aromatic rings. The van der Waals surface area contributed by atoms with Crippen molar-refractivity contribution in [2.24, 2.45) is 5.92 Å². The first kappa shape index (κ1) is 20.0. The molecular weight excluding hydrogens is 350 g/mol. The number of hydrogen-bond acceptors (Lipinski definition) is 5. The fourth-order valence-corrected chi connectivity index (χ4v) is 2.26. The van der Waals surface area contributed by atoms with E-state index in [9.17, 15) is 19.5 Å². The number of alkyl carbamates (subject to hydrolysis) is 1. The minimum absolute atomic E-state index is 0.00397. The van der Waals surface area contributed by atoms with Gasteiger partial charge in [-0.05, 0) is 17.5 Å². The maximum absolute atomic E-state index is 12.0. The summed E-state index contributed by atoms with van der Waals surface area (Å²) in [5.41, 5.74) is 1.60. The highest BCUT2D eigenvalue weighted by Gasteiger charge is 2.27. The van der Waals surface area contributed by atoms with E-state index < -0.39 is 23.9 Å². The summed E-state index contributed by atoms with van der Waals surface area (Å²) < 4.78 is 10.1. The first-order valence-electron chi connectivity index (χ1n) is 8.44.